The minimum Gasteiger partial charge on any atom is -0.482 e. The Balaban J connectivity index is 1.36. The first-order chi connectivity index (χ1) is 14.2. The number of hydrogen-bond acceptors (Lipinski definition) is 5. The smallest absolute Gasteiger partial charge is 0.264 e. The van der Waals surface area contributed by atoms with E-state index < -0.39 is 5.91 Å². The fraction of sp³-hybridized carbons (Fsp3) is 0.0476. The highest BCUT2D eigenvalue weighted by atomic mass is 35.5. The van der Waals surface area contributed by atoms with E-state index in [-0.39, 0.29) is 12.6 Å². The number of aromatic nitrogens is 4. The van der Waals surface area contributed by atoms with Gasteiger partial charge in [0.1, 0.15) is 11.4 Å². The highest BCUT2D eigenvalue weighted by Crippen LogP contribution is 2.30. The topological polar surface area (TPSA) is 92.8 Å². The third kappa shape index (κ3) is 4.59. The van der Waals surface area contributed by atoms with Crippen LogP contribution in [0.25, 0.3) is 22.6 Å². The first-order valence-electron chi connectivity index (χ1n) is 8.80. The fourth-order valence-electron chi connectivity index (χ4n) is 2.67. The molecule has 0 radical (unpaired) electrons. The summed E-state index contributed by atoms with van der Waals surface area (Å²) >= 11 is 6.30. The van der Waals surface area contributed by atoms with Crippen molar-refractivity contribution >= 4 is 23.5 Å². The number of carbonyl (C=O) groups is 1. The number of carbonyl (C=O) groups excluding carboxylic acids is 1. The van der Waals surface area contributed by atoms with Gasteiger partial charge in [-0.1, -0.05) is 54.1 Å². The van der Waals surface area contributed by atoms with Crippen LogP contribution in [0.3, 0.4) is 0 Å². The van der Waals surface area contributed by atoms with Gasteiger partial charge in [-0.2, -0.15) is 4.98 Å². The van der Waals surface area contributed by atoms with Gasteiger partial charge in [0.2, 0.25) is 5.95 Å². The molecule has 0 bridgehead atoms. The summed E-state index contributed by atoms with van der Waals surface area (Å²) in [6.07, 6.45) is 1.65. The number of hydrogen-bond donors (Lipinski definition) is 2. The molecule has 0 aliphatic heterocycles. The Hall–Kier alpha value is -3.71. The van der Waals surface area contributed by atoms with Gasteiger partial charge >= 0.3 is 0 Å². The van der Waals surface area contributed by atoms with Gasteiger partial charge in [-0.3, -0.25) is 20.2 Å². The minimum atomic E-state index is -0.403. The average molecular weight is 406 g/mol. The van der Waals surface area contributed by atoms with Crippen LogP contribution in [-0.4, -0.2) is 32.7 Å². The Labute approximate surface area is 171 Å². The Bertz CT molecular complexity index is 1120. The van der Waals surface area contributed by atoms with Gasteiger partial charge in [-0.05, 0) is 35.4 Å². The maximum atomic E-state index is 12.1. The van der Waals surface area contributed by atoms with Crippen molar-refractivity contribution in [2.75, 3.05) is 11.9 Å². The van der Waals surface area contributed by atoms with Gasteiger partial charge < -0.3 is 4.74 Å². The van der Waals surface area contributed by atoms with Gasteiger partial charge in [0.25, 0.3) is 5.91 Å². The van der Waals surface area contributed by atoms with Crippen molar-refractivity contribution in [1.29, 1.82) is 0 Å². The van der Waals surface area contributed by atoms with Gasteiger partial charge in [0.05, 0.1) is 5.02 Å². The largest absolute Gasteiger partial charge is 0.482 e. The molecule has 0 fully saturated rings. The summed E-state index contributed by atoms with van der Waals surface area (Å²) in [6, 6.07) is 20.7. The second-order valence-corrected chi connectivity index (χ2v) is 6.48. The molecule has 0 atom stereocenters. The molecule has 144 valence electrons. The molecule has 2 heterocycles. The van der Waals surface area contributed by atoms with Crippen LogP contribution in [0.5, 0.6) is 5.75 Å². The van der Waals surface area contributed by atoms with Crippen molar-refractivity contribution in [3.05, 3.63) is 77.9 Å². The highest BCUT2D eigenvalue weighted by molar-refractivity contribution is 6.32. The van der Waals surface area contributed by atoms with Crippen LogP contribution in [0, 0.1) is 0 Å². The lowest BCUT2D eigenvalue weighted by atomic mass is 10.1. The maximum Gasteiger partial charge on any atom is 0.264 e. The van der Waals surface area contributed by atoms with E-state index in [2.05, 4.69) is 25.5 Å². The molecule has 0 saturated heterocycles. The number of nitrogens with zero attached hydrogens (tertiary/aromatic N) is 3. The number of amides is 1. The van der Waals surface area contributed by atoms with Crippen molar-refractivity contribution in [2.45, 2.75) is 0 Å². The molecule has 7 nitrogen and oxygen atoms in total. The zero-order valence-electron chi connectivity index (χ0n) is 15.2. The number of aromatic amines is 1. The molecule has 1 amide bonds. The van der Waals surface area contributed by atoms with Crippen LogP contribution >= 0.6 is 11.6 Å². The molecule has 4 aromatic rings. The minimum absolute atomic E-state index is 0.143. The van der Waals surface area contributed by atoms with Gasteiger partial charge in [0, 0.05) is 6.20 Å². The van der Waals surface area contributed by atoms with E-state index >= 15 is 0 Å². The number of benzene rings is 2. The summed E-state index contributed by atoms with van der Waals surface area (Å²) in [5.74, 6) is 0.622. The van der Waals surface area contributed by atoms with Crippen LogP contribution in [0.1, 0.15) is 0 Å². The van der Waals surface area contributed by atoms with Gasteiger partial charge in [-0.15, -0.1) is 5.10 Å². The Morgan fingerprint density at radius 3 is 2.62 bits per heavy atom. The quantitative estimate of drug-likeness (QED) is 0.501. The first kappa shape index (κ1) is 18.6. The number of ether oxygens (including phenoxy) is 1. The summed E-state index contributed by atoms with van der Waals surface area (Å²) in [5.41, 5.74) is 2.64. The average Bonchev–Trinajstić information content (AvgIpc) is 3.22. The molecule has 4 rings (SSSR count). The lowest BCUT2D eigenvalue weighted by molar-refractivity contribution is -0.118. The standard InChI is InChI=1S/C21H16ClN5O2/c22-16-12-15(14-6-2-1-3-7-14)9-10-18(16)29-13-19(28)24-21-25-20(26-27-21)17-8-4-5-11-23-17/h1-12H,13H2,(H2,24,25,26,27,28). The normalized spacial score (nSPS) is 10.5. The van der Waals surface area contributed by atoms with Crippen molar-refractivity contribution in [3.63, 3.8) is 0 Å². The van der Waals surface area contributed by atoms with E-state index in [1.165, 1.54) is 0 Å². The van der Waals surface area contributed by atoms with E-state index in [1.807, 2.05) is 42.5 Å². The molecule has 0 aliphatic carbocycles. The van der Waals surface area contributed by atoms with Crippen LogP contribution in [0.15, 0.2) is 72.9 Å². The molecule has 0 unspecified atom stereocenters. The summed E-state index contributed by atoms with van der Waals surface area (Å²) in [7, 11) is 0. The second-order valence-electron chi connectivity index (χ2n) is 6.07. The van der Waals surface area contributed by atoms with Crippen molar-refractivity contribution in [1.82, 2.24) is 20.2 Å². The van der Waals surface area contributed by atoms with E-state index in [1.54, 1.807) is 30.5 Å². The summed E-state index contributed by atoms with van der Waals surface area (Å²) in [4.78, 5) is 20.5. The van der Waals surface area contributed by atoms with E-state index in [4.69, 9.17) is 16.3 Å². The molecule has 0 spiro atoms. The van der Waals surface area contributed by atoms with Crippen molar-refractivity contribution < 1.29 is 9.53 Å². The van der Waals surface area contributed by atoms with Crippen LogP contribution in [0.4, 0.5) is 5.95 Å². The molecular formula is C21H16ClN5O2. The second kappa shape index (κ2) is 8.53. The molecular weight excluding hydrogens is 390 g/mol. The Morgan fingerprint density at radius 1 is 1.03 bits per heavy atom. The number of pyridine rings is 1. The fourth-order valence-corrected chi connectivity index (χ4v) is 2.90. The third-order valence-corrected chi connectivity index (χ3v) is 4.34. The van der Waals surface area contributed by atoms with E-state index in [9.17, 15) is 4.79 Å². The summed E-state index contributed by atoms with van der Waals surface area (Å²) in [5, 5.41) is 9.69. The number of anilines is 1. The summed E-state index contributed by atoms with van der Waals surface area (Å²) < 4.78 is 5.53. The lowest BCUT2D eigenvalue weighted by Gasteiger charge is -2.09. The maximum absolute atomic E-state index is 12.1. The Morgan fingerprint density at radius 2 is 1.86 bits per heavy atom. The predicted molar refractivity (Wildman–Crippen MR) is 111 cm³/mol. The Kier molecular flexibility index (Phi) is 5.49. The molecule has 2 aromatic heterocycles. The van der Waals surface area contributed by atoms with Gasteiger partial charge in [0.15, 0.2) is 12.4 Å². The van der Waals surface area contributed by atoms with Crippen LogP contribution in [-0.2, 0) is 4.79 Å². The van der Waals surface area contributed by atoms with Gasteiger partial charge in [-0.25, -0.2) is 0 Å². The number of halogens is 1. The van der Waals surface area contributed by atoms with Crippen LogP contribution in [0.2, 0.25) is 5.02 Å². The molecule has 29 heavy (non-hydrogen) atoms. The lowest BCUT2D eigenvalue weighted by Crippen LogP contribution is -2.21. The molecule has 0 aliphatic rings. The summed E-state index contributed by atoms with van der Waals surface area (Å²) in [6.45, 7) is -0.224. The molecule has 8 heteroatoms. The van der Waals surface area contributed by atoms with Crippen molar-refractivity contribution in [3.8, 4) is 28.4 Å². The predicted octanol–water partition coefficient (Wildman–Crippen LogP) is 4.20. The third-order valence-electron chi connectivity index (χ3n) is 4.04. The molecule has 0 saturated carbocycles. The van der Waals surface area contributed by atoms with E-state index in [0.29, 0.717) is 22.3 Å². The monoisotopic (exact) mass is 405 g/mol. The number of nitrogens with one attached hydrogen (secondary N) is 2. The van der Waals surface area contributed by atoms with Crippen molar-refractivity contribution in [2.24, 2.45) is 0 Å². The highest BCUT2D eigenvalue weighted by Gasteiger charge is 2.11. The molecule has 2 aromatic carbocycles. The number of H-pyrrole nitrogens is 1. The SMILES string of the molecule is O=C(COc1ccc(-c2ccccc2)cc1Cl)Nc1n[nH]c(-c2ccccn2)n1. The van der Waals surface area contributed by atoms with Crippen LogP contribution < -0.4 is 10.1 Å². The first-order valence-corrected chi connectivity index (χ1v) is 9.18. The zero-order valence-corrected chi connectivity index (χ0v) is 15.9. The zero-order chi connectivity index (χ0) is 20.1. The van der Waals surface area contributed by atoms with E-state index in [0.717, 1.165) is 11.1 Å². The molecule has 2 N–H and O–H groups in total. The number of rotatable bonds is 6.